The summed E-state index contributed by atoms with van der Waals surface area (Å²) in [6.07, 6.45) is 8.29. The van der Waals surface area contributed by atoms with Crippen LogP contribution in [-0.2, 0) is 6.54 Å². The monoisotopic (exact) mass is 409 g/mol. The summed E-state index contributed by atoms with van der Waals surface area (Å²) in [4.78, 5) is 9.49. The van der Waals surface area contributed by atoms with Crippen LogP contribution in [0.3, 0.4) is 0 Å². The standard InChI is InChI=1S/C23H31N5S/c1-18-6-2-3-15-28(18)22-12-9-20(17-24-22)26-23(29)25-16-19-7-10-21(11-8-19)27-13-4-5-14-27/h7-12,17-18H,2-6,13-16H2,1H3,(H2,25,26,29). The molecule has 5 nitrogen and oxygen atoms in total. The minimum absolute atomic E-state index is 0.564. The highest BCUT2D eigenvalue weighted by Gasteiger charge is 2.19. The van der Waals surface area contributed by atoms with Gasteiger partial charge in [0.1, 0.15) is 5.82 Å². The van der Waals surface area contributed by atoms with E-state index in [9.17, 15) is 0 Å². The summed E-state index contributed by atoms with van der Waals surface area (Å²) >= 11 is 5.46. The predicted octanol–water partition coefficient (Wildman–Crippen LogP) is 4.55. The number of hydrogen-bond acceptors (Lipinski definition) is 4. The summed E-state index contributed by atoms with van der Waals surface area (Å²) in [5, 5.41) is 7.15. The van der Waals surface area contributed by atoms with Gasteiger partial charge in [-0.15, -0.1) is 0 Å². The van der Waals surface area contributed by atoms with Crippen LogP contribution in [0.1, 0.15) is 44.6 Å². The Kier molecular flexibility index (Phi) is 6.49. The van der Waals surface area contributed by atoms with Crippen LogP contribution in [0.5, 0.6) is 0 Å². The van der Waals surface area contributed by atoms with Crippen LogP contribution in [0.2, 0.25) is 0 Å². The molecule has 0 bridgehead atoms. The third kappa shape index (κ3) is 5.18. The highest BCUT2D eigenvalue weighted by atomic mass is 32.1. The molecule has 0 aliphatic carbocycles. The van der Waals surface area contributed by atoms with Gasteiger partial charge in [0, 0.05) is 37.9 Å². The van der Waals surface area contributed by atoms with Gasteiger partial charge in [0.05, 0.1) is 11.9 Å². The molecule has 1 aromatic heterocycles. The van der Waals surface area contributed by atoms with Crippen molar-refractivity contribution in [2.75, 3.05) is 34.8 Å². The number of piperidine rings is 1. The molecule has 2 saturated heterocycles. The van der Waals surface area contributed by atoms with E-state index < -0.39 is 0 Å². The fourth-order valence-electron chi connectivity index (χ4n) is 4.23. The number of benzene rings is 1. The Morgan fingerprint density at radius 3 is 2.48 bits per heavy atom. The lowest BCUT2D eigenvalue weighted by Gasteiger charge is -2.34. The number of nitrogens with one attached hydrogen (secondary N) is 2. The predicted molar refractivity (Wildman–Crippen MR) is 126 cm³/mol. The molecule has 2 aliphatic rings. The lowest BCUT2D eigenvalue weighted by molar-refractivity contribution is 0.481. The Morgan fingerprint density at radius 1 is 1.03 bits per heavy atom. The van der Waals surface area contributed by atoms with Gasteiger partial charge in [0.25, 0.3) is 0 Å². The van der Waals surface area contributed by atoms with Gasteiger partial charge >= 0.3 is 0 Å². The minimum Gasteiger partial charge on any atom is -0.372 e. The van der Waals surface area contributed by atoms with Crippen molar-refractivity contribution in [3.63, 3.8) is 0 Å². The zero-order valence-corrected chi connectivity index (χ0v) is 18.0. The zero-order valence-electron chi connectivity index (χ0n) is 17.2. The van der Waals surface area contributed by atoms with Crippen LogP contribution in [-0.4, -0.2) is 35.8 Å². The summed E-state index contributed by atoms with van der Waals surface area (Å²) in [7, 11) is 0. The average Bonchev–Trinajstić information content (AvgIpc) is 3.29. The van der Waals surface area contributed by atoms with Gasteiger partial charge in [0.15, 0.2) is 5.11 Å². The van der Waals surface area contributed by atoms with Crippen molar-refractivity contribution in [2.24, 2.45) is 0 Å². The van der Waals surface area contributed by atoms with Crippen molar-refractivity contribution >= 4 is 34.5 Å². The van der Waals surface area contributed by atoms with Crippen LogP contribution in [0.25, 0.3) is 0 Å². The summed E-state index contributed by atoms with van der Waals surface area (Å²) < 4.78 is 0. The number of thiocarbonyl (C=S) groups is 1. The molecule has 2 aliphatic heterocycles. The van der Waals surface area contributed by atoms with E-state index in [0.29, 0.717) is 17.7 Å². The molecule has 2 fully saturated rings. The second kappa shape index (κ2) is 9.44. The van der Waals surface area contributed by atoms with E-state index in [0.717, 1.165) is 18.1 Å². The maximum atomic E-state index is 5.46. The number of pyridine rings is 1. The highest BCUT2D eigenvalue weighted by molar-refractivity contribution is 7.80. The fourth-order valence-corrected chi connectivity index (χ4v) is 4.42. The van der Waals surface area contributed by atoms with E-state index in [1.807, 2.05) is 6.20 Å². The van der Waals surface area contributed by atoms with Gasteiger partial charge in [-0.3, -0.25) is 0 Å². The molecule has 154 valence electrons. The second-order valence-corrected chi connectivity index (χ2v) is 8.52. The fraction of sp³-hybridized carbons (Fsp3) is 0.478. The Morgan fingerprint density at radius 2 is 1.79 bits per heavy atom. The number of hydrogen-bond donors (Lipinski definition) is 2. The Hall–Kier alpha value is -2.34. The van der Waals surface area contributed by atoms with Crippen molar-refractivity contribution in [3.05, 3.63) is 48.2 Å². The van der Waals surface area contributed by atoms with E-state index in [2.05, 4.69) is 68.7 Å². The van der Waals surface area contributed by atoms with Crippen LogP contribution in [0, 0.1) is 0 Å². The van der Waals surface area contributed by atoms with Crippen molar-refractivity contribution in [2.45, 2.75) is 51.6 Å². The summed E-state index contributed by atoms with van der Waals surface area (Å²) in [5.41, 5.74) is 3.46. The quantitative estimate of drug-likeness (QED) is 0.707. The van der Waals surface area contributed by atoms with E-state index in [-0.39, 0.29) is 0 Å². The summed E-state index contributed by atoms with van der Waals surface area (Å²) in [5.74, 6) is 1.06. The smallest absolute Gasteiger partial charge is 0.171 e. The first-order valence-corrected chi connectivity index (χ1v) is 11.2. The zero-order chi connectivity index (χ0) is 20.1. The van der Waals surface area contributed by atoms with Crippen LogP contribution in [0.4, 0.5) is 17.2 Å². The van der Waals surface area contributed by atoms with Crippen LogP contribution in [0.15, 0.2) is 42.6 Å². The molecular weight excluding hydrogens is 378 g/mol. The molecule has 1 atom stereocenters. The van der Waals surface area contributed by atoms with Gasteiger partial charge in [-0.1, -0.05) is 12.1 Å². The molecule has 2 N–H and O–H groups in total. The first kappa shape index (κ1) is 20.0. The van der Waals surface area contributed by atoms with Crippen molar-refractivity contribution in [1.29, 1.82) is 0 Å². The normalized spacial score (nSPS) is 19.3. The molecule has 0 saturated carbocycles. The first-order valence-electron chi connectivity index (χ1n) is 10.8. The maximum Gasteiger partial charge on any atom is 0.171 e. The average molecular weight is 410 g/mol. The van der Waals surface area contributed by atoms with Gasteiger partial charge in [-0.2, -0.15) is 0 Å². The van der Waals surface area contributed by atoms with E-state index in [1.54, 1.807) is 0 Å². The van der Waals surface area contributed by atoms with E-state index in [1.165, 1.54) is 56.4 Å². The number of aromatic nitrogens is 1. The highest BCUT2D eigenvalue weighted by Crippen LogP contribution is 2.24. The number of rotatable bonds is 5. The third-order valence-electron chi connectivity index (χ3n) is 5.96. The Bertz CT molecular complexity index is 799. The van der Waals surface area contributed by atoms with Crippen LogP contribution < -0.4 is 20.4 Å². The molecule has 29 heavy (non-hydrogen) atoms. The second-order valence-electron chi connectivity index (χ2n) is 8.11. The summed E-state index contributed by atoms with van der Waals surface area (Å²) in [6.45, 7) is 6.44. The molecule has 0 spiro atoms. The molecule has 0 radical (unpaired) electrons. The molecule has 6 heteroatoms. The van der Waals surface area contributed by atoms with E-state index >= 15 is 0 Å². The van der Waals surface area contributed by atoms with E-state index in [4.69, 9.17) is 12.2 Å². The molecular formula is C23H31N5S. The SMILES string of the molecule is CC1CCCCN1c1ccc(NC(=S)NCc2ccc(N3CCCC3)cc2)cn1. The van der Waals surface area contributed by atoms with Gasteiger partial charge in [0.2, 0.25) is 0 Å². The number of anilines is 3. The molecule has 0 amide bonds. The lowest BCUT2D eigenvalue weighted by atomic mass is 10.0. The van der Waals surface area contributed by atoms with Gasteiger partial charge in [-0.05, 0) is 81.1 Å². The molecule has 2 aromatic rings. The lowest BCUT2D eigenvalue weighted by Crippen LogP contribution is -2.37. The molecule has 1 aromatic carbocycles. The van der Waals surface area contributed by atoms with Crippen LogP contribution >= 0.6 is 12.2 Å². The molecule has 1 unspecified atom stereocenters. The van der Waals surface area contributed by atoms with Crippen molar-refractivity contribution < 1.29 is 0 Å². The maximum absolute atomic E-state index is 5.46. The van der Waals surface area contributed by atoms with Crippen molar-refractivity contribution in [3.8, 4) is 0 Å². The summed E-state index contributed by atoms with van der Waals surface area (Å²) in [6, 6.07) is 13.5. The Labute approximate surface area is 179 Å². The minimum atomic E-state index is 0.564. The van der Waals surface area contributed by atoms with Gasteiger partial charge in [-0.25, -0.2) is 4.98 Å². The molecule has 4 rings (SSSR count). The largest absolute Gasteiger partial charge is 0.372 e. The molecule has 3 heterocycles. The Balaban J connectivity index is 1.26. The first-order chi connectivity index (χ1) is 14.2. The topological polar surface area (TPSA) is 43.4 Å². The van der Waals surface area contributed by atoms with Crippen molar-refractivity contribution in [1.82, 2.24) is 10.3 Å². The third-order valence-corrected chi connectivity index (χ3v) is 6.21. The van der Waals surface area contributed by atoms with Gasteiger partial charge < -0.3 is 20.4 Å². The number of nitrogens with zero attached hydrogens (tertiary/aromatic N) is 3.